The van der Waals surface area contributed by atoms with Crippen molar-refractivity contribution in [2.75, 3.05) is 13.2 Å². The predicted molar refractivity (Wildman–Crippen MR) is 58.9 cm³/mol. The second kappa shape index (κ2) is 5.10. The number of halogens is 2. The fourth-order valence-electron chi connectivity index (χ4n) is 1.64. The van der Waals surface area contributed by atoms with Crippen LogP contribution in [0.4, 0.5) is 4.39 Å². The first kappa shape index (κ1) is 11.8. The van der Waals surface area contributed by atoms with E-state index < -0.39 is 11.9 Å². The fourth-order valence-corrected chi connectivity index (χ4v) is 1.75. The normalized spacial score (nSPS) is 24.9. The van der Waals surface area contributed by atoms with Gasteiger partial charge in [-0.15, -0.1) is 0 Å². The lowest BCUT2D eigenvalue weighted by molar-refractivity contribution is 0.122. The Hall–Kier alpha value is -0.680. The number of nitrogens with one attached hydrogen (secondary N) is 1. The summed E-state index contributed by atoms with van der Waals surface area (Å²) < 4.78 is 18.2. The van der Waals surface area contributed by atoms with Gasteiger partial charge in [0.15, 0.2) is 0 Å². The maximum atomic E-state index is 13.1. The third kappa shape index (κ3) is 2.71. The van der Waals surface area contributed by atoms with E-state index in [4.69, 9.17) is 16.3 Å². The largest absolute Gasteiger partial charge is 0.389 e. The van der Waals surface area contributed by atoms with Gasteiger partial charge in [-0.05, 0) is 17.7 Å². The van der Waals surface area contributed by atoms with E-state index in [1.165, 1.54) is 12.1 Å². The second-order valence-electron chi connectivity index (χ2n) is 3.84. The van der Waals surface area contributed by atoms with Gasteiger partial charge < -0.3 is 15.2 Å². The van der Waals surface area contributed by atoms with E-state index in [-0.39, 0.29) is 11.1 Å². The van der Waals surface area contributed by atoms with Gasteiger partial charge in [-0.3, -0.25) is 0 Å². The van der Waals surface area contributed by atoms with Crippen molar-refractivity contribution in [2.45, 2.75) is 18.7 Å². The van der Waals surface area contributed by atoms with Crippen molar-refractivity contribution in [3.63, 3.8) is 0 Å². The Morgan fingerprint density at radius 2 is 2.31 bits per heavy atom. The third-order valence-corrected chi connectivity index (χ3v) is 2.91. The molecular formula is C11H13ClFNO2. The van der Waals surface area contributed by atoms with Crippen LogP contribution in [0.1, 0.15) is 5.56 Å². The molecule has 2 N–H and O–H groups in total. The summed E-state index contributed by atoms with van der Waals surface area (Å²) in [5, 5.41) is 12.7. The maximum Gasteiger partial charge on any atom is 0.142 e. The Kier molecular flexibility index (Phi) is 3.76. The standard InChI is InChI=1S/C11H13ClFNO2/c12-8-2-1-7(3-9(8)13)4-14-10-5-16-6-11(10)15/h1-3,10-11,14-15H,4-6H2. The van der Waals surface area contributed by atoms with Crippen LogP contribution < -0.4 is 5.32 Å². The number of hydrogen-bond donors (Lipinski definition) is 2. The second-order valence-corrected chi connectivity index (χ2v) is 4.25. The van der Waals surface area contributed by atoms with Crippen LogP contribution in [0.2, 0.25) is 5.02 Å². The van der Waals surface area contributed by atoms with Crippen LogP contribution in [0.15, 0.2) is 18.2 Å². The molecule has 0 spiro atoms. The fraction of sp³-hybridized carbons (Fsp3) is 0.455. The maximum absolute atomic E-state index is 13.1. The van der Waals surface area contributed by atoms with Crippen LogP contribution >= 0.6 is 11.6 Å². The Labute approximate surface area is 98.2 Å². The molecular weight excluding hydrogens is 233 g/mol. The van der Waals surface area contributed by atoms with Crippen molar-refractivity contribution in [1.29, 1.82) is 0 Å². The van der Waals surface area contributed by atoms with Gasteiger partial charge in [-0.25, -0.2) is 4.39 Å². The first-order valence-corrected chi connectivity index (χ1v) is 5.48. The highest BCUT2D eigenvalue weighted by molar-refractivity contribution is 6.30. The Balaban J connectivity index is 1.91. The molecule has 1 saturated heterocycles. The van der Waals surface area contributed by atoms with Gasteiger partial charge in [0, 0.05) is 6.54 Å². The third-order valence-electron chi connectivity index (χ3n) is 2.60. The molecule has 1 fully saturated rings. The van der Waals surface area contributed by atoms with Crippen molar-refractivity contribution < 1.29 is 14.2 Å². The van der Waals surface area contributed by atoms with Crippen LogP contribution in [-0.2, 0) is 11.3 Å². The van der Waals surface area contributed by atoms with Crippen LogP contribution in [0.5, 0.6) is 0 Å². The summed E-state index contributed by atoms with van der Waals surface area (Å²) in [6, 6.07) is 4.58. The Morgan fingerprint density at radius 1 is 1.50 bits per heavy atom. The SMILES string of the molecule is OC1COCC1NCc1ccc(Cl)c(F)c1. The average Bonchev–Trinajstić information content (AvgIpc) is 2.66. The van der Waals surface area contributed by atoms with Crippen molar-refractivity contribution in [1.82, 2.24) is 5.32 Å². The molecule has 0 radical (unpaired) electrons. The highest BCUT2D eigenvalue weighted by Gasteiger charge is 2.25. The van der Waals surface area contributed by atoms with E-state index in [1.54, 1.807) is 6.07 Å². The van der Waals surface area contributed by atoms with Gasteiger partial charge >= 0.3 is 0 Å². The summed E-state index contributed by atoms with van der Waals surface area (Å²) in [6.45, 7) is 1.32. The average molecular weight is 246 g/mol. The molecule has 1 heterocycles. The predicted octanol–water partition coefficient (Wildman–Crippen LogP) is 1.33. The molecule has 2 unspecified atom stereocenters. The lowest BCUT2D eigenvalue weighted by atomic mass is 10.1. The van der Waals surface area contributed by atoms with Gasteiger partial charge in [0.1, 0.15) is 5.82 Å². The molecule has 5 heteroatoms. The molecule has 1 aromatic rings. The van der Waals surface area contributed by atoms with Crippen molar-refractivity contribution >= 4 is 11.6 Å². The summed E-state index contributed by atoms with van der Waals surface area (Å²) in [7, 11) is 0. The smallest absolute Gasteiger partial charge is 0.142 e. The van der Waals surface area contributed by atoms with Crippen molar-refractivity contribution in [3.05, 3.63) is 34.6 Å². The number of aliphatic hydroxyl groups excluding tert-OH is 1. The van der Waals surface area contributed by atoms with Crippen LogP contribution in [0, 0.1) is 5.82 Å². The molecule has 1 aliphatic rings. The number of aliphatic hydroxyl groups is 1. The molecule has 88 valence electrons. The van der Waals surface area contributed by atoms with Crippen LogP contribution in [0.3, 0.4) is 0 Å². The molecule has 1 aromatic carbocycles. The Morgan fingerprint density at radius 3 is 2.94 bits per heavy atom. The summed E-state index contributed by atoms with van der Waals surface area (Å²) in [5.41, 5.74) is 0.793. The minimum absolute atomic E-state index is 0.0845. The highest BCUT2D eigenvalue weighted by atomic mass is 35.5. The van der Waals surface area contributed by atoms with Crippen molar-refractivity contribution in [3.8, 4) is 0 Å². The molecule has 0 bridgehead atoms. The molecule has 0 saturated carbocycles. The quantitative estimate of drug-likeness (QED) is 0.844. The highest BCUT2D eigenvalue weighted by Crippen LogP contribution is 2.16. The lowest BCUT2D eigenvalue weighted by Crippen LogP contribution is -2.38. The molecule has 0 aliphatic carbocycles. The topological polar surface area (TPSA) is 41.5 Å². The van der Waals surface area contributed by atoms with Gasteiger partial charge in [0.2, 0.25) is 0 Å². The molecule has 2 rings (SSSR count). The molecule has 0 aromatic heterocycles. The molecule has 16 heavy (non-hydrogen) atoms. The summed E-state index contributed by atoms with van der Waals surface area (Å²) >= 11 is 5.58. The molecule has 3 nitrogen and oxygen atoms in total. The van der Waals surface area contributed by atoms with Crippen LogP contribution in [-0.4, -0.2) is 30.5 Å². The van der Waals surface area contributed by atoms with Crippen LogP contribution in [0.25, 0.3) is 0 Å². The first-order chi connectivity index (χ1) is 7.66. The number of rotatable bonds is 3. The van der Waals surface area contributed by atoms with E-state index in [0.717, 1.165) is 5.56 Å². The van der Waals surface area contributed by atoms with E-state index in [2.05, 4.69) is 5.32 Å². The molecule has 0 amide bonds. The summed E-state index contributed by atoms with van der Waals surface area (Å²) in [4.78, 5) is 0. The summed E-state index contributed by atoms with van der Waals surface area (Å²) in [5.74, 6) is -0.427. The van der Waals surface area contributed by atoms with E-state index in [0.29, 0.717) is 19.8 Å². The zero-order valence-corrected chi connectivity index (χ0v) is 9.38. The van der Waals surface area contributed by atoms with Crippen molar-refractivity contribution in [2.24, 2.45) is 0 Å². The number of hydrogen-bond acceptors (Lipinski definition) is 3. The minimum atomic E-state index is -0.489. The van der Waals surface area contributed by atoms with E-state index >= 15 is 0 Å². The van der Waals surface area contributed by atoms with Gasteiger partial charge in [0.05, 0.1) is 30.4 Å². The molecule has 2 atom stereocenters. The zero-order valence-electron chi connectivity index (χ0n) is 8.62. The Bertz CT molecular complexity index is 375. The minimum Gasteiger partial charge on any atom is -0.389 e. The zero-order chi connectivity index (χ0) is 11.5. The van der Waals surface area contributed by atoms with E-state index in [9.17, 15) is 9.50 Å². The number of ether oxygens (including phenoxy) is 1. The first-order valence-electron chi connectivity index (χ1n) is 5.10. The van der Waals surface area contributed by atoms with Gasteiger partial charge in [-0.1, -0.05) is 17.7 Å². The van der Waals surface area contributed by atoms with E-state index in [1.807, 2.05) is 0 Å². The summed E-state index contributed by atoms with van der Waals surface area (Å²) in [6.07, 6.45) is -0.489. The molecule has 1 aliphatic heterocycles. The van der Waals surface area contributed by atoms with Gasteiger partial charge in [0.25, 0.3) is 0 Å². The lowest BCUT2D eigenvalue weighted by Gasteiger charge is -2.14. The number of benzene rings is 1. The monoisotopic (exact) mass is 245 g/mol. The van der Waals surface area contributed by atoms with Gasteiger partial charge in [-0.2, -0.15) is 0 Å².